The standard InChI is InChI=1S/C17H11ClFN3O2S/c1-9(24-14-7-6-10(19)8-12(14)18)15-21-22-16(23)11-4-2-3-5-13(11)20-17(22)25-15/h2-9H,1H3. The van der Waals surface area contributed by atoms with Gasteiger partial charge in [-0.2, -0.15) is 9.61 Å². The molecule has 4 rings (SSSR count). The summed E-state index contributed by atoms with van der Waals surface area (Å²) in [5.74, 6) is -0.0901. The van der Waals surface area contributed by atoms with Crippen molar-refractivity contribution in [3.63, 3.8) is 0 Å². The molecule has 1 atom stereocenters. The van der Waals surface area contributed by atoms with E-state index in [2.05, 4.69) is 10.1 Å². The summed E-state index contributed by atoms with van der Waals surface area (Å²) >= 11 is 7.25. The van der Waals surface area contributed by atoms with Gasteiger partial charge in [-0.15, -0.1) is 0 Å². The number of nitrogens with zero attached hydrogens (tertiary/aromatic N) is 3. The van der Waals surface area contributed by atoms with E-state index in [4.69, 9.17) is 16.3 Å². The maximum absolute atomic E-state index is 13.1. The van der Waals surface area contributed by atoms with Gasteiger partial charge in [-0.05, 0) is 37.3 Å². The van der Waals surface area contributed by atoms with E-state index in [-0.39, 0.29) is 10.6 Å². The summed E-state index contributed by atoms with van der Waals surface area (Å²) in [4.78, 5) is 17.5. The molecule has 0 N–H and O–H groups in total. The second-order valence-corrected chi connectivity index (χ2v) is 6.80. The van der Waals surface area contributed by atoms with Crippen LogP contribution in [0.4, 0.5) is 4.39 Å². The topological polar surface area (TPSA) is 56.5 Å². The Kier molecular flexibility index (Phi) is 3.89. The lowest BCUT2D eigenvalue weighted by molar-refractivity contribution is 0.225. The fourth-order valence-corrected chi connectivity index (χ4v) is 3.54. The molecule has 25 heavy (non-hydrogen) atoms. The molecule has 0 aliphatic carbocycles. The summed E-state index contributed by atoms with van der Waals surface area (Å²) in [6.45, 7) is 1.78. The zero-order valence-corrected chi connectivity index (χ0v) is 14.5. The number of benzene rings is 2. The van der Waals surface area contributed by atoms with E-state index in [1.165, 1.54) is 34.1 Å². The Hall–Kier alpha value is -2.51. The van der Waals surface area contributed by atoms with Crippen molar-refractivity contribution in [1.82, 2.24) is 14.6 Å². The van der Waals surface area contributed by atoms with Crippen molar-refractivity contribution in [2.24, 2.45) is 0 Å². The molecule has 1 unspecified atom stereocenters. The lowest BCUT2D eigenvalue weighted by Gasteiger charge is -2.12. The summed E-state index contributed by atoms with van der Waals surface area (Å²) < 4.78 is 20.2. The van der Waals surface area contributed by atoms with Crippen molar-refractivity contribution in [2.45, 2.75) is 13.0 Å². The van der Waals surface area contributed by atoms with Gasteiger partial charge in [0.05, 0.1) is 15.9 Å². The molecular weight excluding hydrogens is 365 g/mol. The predicted molar refractivity (Wildman–Crippen MR) is 95.1 cm³/mol. The Balaban J connectivity index is 1.75. The molecule has 0 saturated carbocycles. The number of hydrogen-bond donors (Lipinski definition) is 0. The van der Waals surface area contributed by atoms with E-state index in [0.29, 0.717) is 26.6 Å². The second kappa shape index (κ2) is 6.09. The molecule has 0 fully saturated rings. The minimum absolute atomic E-state index is 0.175. The van der Waals surface area contributed by atoms with Gasteiger partial charge in [0.1, 0.15) is 17.7 Å². The minimum atomic E-state index is -0.475. The van der Waals surface area contributed by atoms with E-state index in [1.807, 2.05) is 6.07 Å². The quantitative estimate of drug-likeness (QED) is 0.537. The second-order valence-electron chi connectivity index (χ2n) is 5.40. The Bertz CT molecular complexity index is 1160. The number of fused-ring (bicyclic) bond motifs is 2. The van der Waals surface area contributed by atoms with Gasteiger partial charge < -0.3 is 4.74 Å². The first-order valence-corrected chi connectivity index (χ1v) is 8.62. The van der Waals surface area contributed by atoms with Crippen molar-refractivity contribution in [3.05, 3.63) is 68.7 Å². The largest absolute Gasteiger partial charge is 0.482 e. The number of hydrogen-bond acceptors (Lipinski definition) is 5. The molecule has 2 heterocycles. The normalized spacial score (nSPS) is 12.6. The van der Waals surface area contributed by atoms with Gasteiger partial charge in [0.25, 0.3) is 5.56 Å². The van der Waals surface area contributed by atoms with E-state index in [1.54, 1.807) is 25.1 Å². The molecule has 2 aromatic heterocycles. The van der Waals surface area contributed by atoms with Crippen LogP contribution in [-0.4, -0.2) is 14.6 Å². The number of halogens is 2. The zero-order chi connectivity index (χ0) is 17.6. The van der Waals surface area contributed by atoms with Crippen molar-refractivity contribution >= 4 is 38.8 Å². The Morgan fingerprint density at radius 1 is 1.28 bits per heavy atom. The Morgan fingerprint density at radius 3 is 2.88 bits per heavy atom. The molecule has 0 spiro atoms. The van der Waals surface area contributed by atoms with Crippen molar-refractivity contribution in [2.75, 3.05) is 0 Å². The Labute approximate surface area is 150 Å². The highest BCUT2D eigenvalue weighted by molar-refractivity contribution is 7.16. The van der Waals surface area contributed by atoms with Crippen LogP contribution in [0.25, 0.3) is 15.9 Å². The summed E-state index contributed by atoms with van der Waals surface area (Å²) in [6.07, 6.45) is -0.475. The summed E-state index contributed by atoms with van der Waals surface area (Å²) in [7, 11) is 0. The maximum Gasteiger partial charge on any atom is 0.283 e. The van der Waals surface area contributed by atoms with E-state index >= 15 is 0 Å². The summed E-state index contributed by atoms with van der Waals surface area (Å²) in [5, 5.41) is 5.57. The molecule has 0 bridgehead atoms. The highest BCUT2D eigenvalue weighted by Crippen LogP contribution is 2.30. The Morgan fingerprint density at radius 2 is 2.08 bits per heavy atom. The molecule has 8 heteroatoms. The van der Waals surface area contributed by atoms with E-state index in [9.17, 15) is 9.18 Å². The van der Waals surface area contributed by atoms with E-state index in [0.717, 1.165) is 0 Å². The highest BCUT2D eigenvalue weighted by Gasteiger charge is 2.17. The smallest absolute Gasteiger partial charge is 0.283 e. The third-order valence-electron chi connectivity index (χ3n) is 3.66. The van der Waals surface area contributed by atoms with Crippen LogP contribution in [0.1, 0.15) is 18.0 Å². The van der Waals surface area contributed by atoms with E-state index < -0.39 is 11.9 Å². The maximum atomic E-state index is 13.1. The minimum Gasteiger partial charge on any atom is -0.482 e. The highest BCUT2D eigenvalue weighted by atomic mass is 35.5. The molecule has 0 aliphatic heterocycles. The van der Waals surface area contributed by atoms with Crippen LogP contribution < -0.4 is 10.3 Å². The molecular formula is C17H11ClFN3O2S. The SMILES string of the molecule is CC(Oc1ccc(F)cc1Cl)c1nn2c(=O)c3ccccc3nc2s1. The van der Waals surface area contributed by atoms with Gasteiger partial charge >= 0.3 is 0 Å². The molecule has 0 aliphatic rings. The number of ether oxygens (including phenoxy) is 1. The fraction of sp³-hybridized carbons (Fsp3) is 0.118. The van der Waals surface area contributed by atoms with Crippen LogP contribution in [-0.2, 0) is 0 Å². The third-order valence-corrected chi connectivity index (χ3v) is 5.03. The molecule has 5 nitrogen and oxygen atoms in total. The predicted octanol–water partition coefficient (Wildman–Crippen LogP) is 4.24. The average Bonchev–Trinajstić information content (AvgIpc) is 3.02. The average molecular weight is 376 g/mol. The molecule has 0 amide bonds. The van der Waals surface area contributed by atoms with Crippen LogP contribution in [0, 0.1) is 5.82 Å². The van der Waals surface area contributed by atoms with Crippen LogP contribution in [0.15, 0.2) is 47.3 Å². The van der Waals surface area contributed by atoms with Crippen LogP contribution in [0.2, 0.25) is 5.02 Å². The fourth-order valence-electron chi connectivity index (χ4n) is 2.45. The first-order chi connectivity index (χ1) is 12.0. The van der Waals surface area contributed by atoms with Gasteiger partial charge in [-0.1, -0.05) is 35.1 Å². The van der Waals surface area contributed by atoms with Crippen molar-refractivity contribution in [3.8, 4) is 5.75 Å². The van der Waals surface area contributed by atoms with Crippen LogP contribution >= 0.6 is 22.9 Å². The molecule has 4 aromatic rings. The summed E-state index contributed by atoms with van der Waals surface area (Å²) in [6, 6.07) is 11.0. The summed E-state index contributed by atoms with van der Waals surface area (Å²) in [5.41, 5.74) is 0.396. The number of aromatic nitrogens is 3. The van der Waals surface area contributed by atoms with Crippen molar-refractivity contribution < 1.29 is 9.13 Å². The van der Waals surface area contributed by atoms with Crippen molar-refractivity contribution in [1.29, 1.82) is 0 Å². The van der Waals surface area contributed by atoms with Gasteiger partial charge in [0.15, 0.2) is 5.01 Å². The molecule has 0 radical (unpaired) electrons. The lowest BCUT2D eigenvalue weighted by atomic mass is 10.2. The monoisotopic (exact) mass is 375 g/mol. The molecule has 126 valence electrons. The number of rotatable bonds is 3. The molecule has 0 saturated heterocycles. The number of para-hydroxylation sites is 1. The molecule has 2 aromatic carbocycles. The van der Waals surface area contributed by atoms with Crippen LogP contribution in [0.5, 0.6) is 5.75 Å². The van der Waals surface area contributed by atoms with Gasteiger partial charge in [0, 0.05) is 0 Å². The third kappa shape index (κ3) is 2.85. The zero-order valence-electron chi connectivity index (χ0n) is 12.9. The van der Waals surface area contributed by atoms with Gasteiger partial charge in [-0.25, -0.2) is 9.37 Å². The first-order valence-electron chi connectivity index (χ1n) is 7.43. The first kappa shape index (κ1) is 16.0. The van der Waals surface area contributed by atoms with Gasteiger partial charge in [-0.3, -0.25) is 4.79 Å². The lowest BCUT2D eigenvalue weighted by Crippen LogP contribution is -2.15. The van der Waals surface area contributed by atoms with Gasteiger partial charge in [0.2, 0.25) is 4.96 Å². The van der Waals surface area contributed by atoms with Crippen LogP contribution in [0.3, 0.4) is 0 Å².